The summed E-state index contributed by atoms with van der Waals surface area (Å²) in [6, 6.07) is 5.66. The molecule has 1 aromatic carbocycles. The van der Waals surface area contributed by atoms with Crippen molar-refractivity contribution in [2.75, 3.05) is 26.2 Å². The van der Waals surface area contributed by atoms with Gasteiger partial charge in [0, 0.05) is 26.2 Å². The Hall–Kier alpha value is -1.02. The molecule has 0 radical (unpaired) electrons. The molecule has 2 rings (SSSR count). The quantitative estimate of drug-likeness (QED) is 0.588. The zero-order valence-corrected chi connectivity index (χ0v) is 14.4. The Morgan fingerprint density at radius 3 is 2.12 bits per heavy atom. The maximum Gasteiger partial charge on any atom is 0.461 e. The van der Waals surface area contributed by atoms with Crippen molar-refractivity contribution in [1.29, 1.82) is 0 Å². The fraction of sp³-hybridized carbons (Fsp3) is 0.467. The van der Waals surface area contributed by atoms with Crippen LogP contribution in [0, 0.1) is 0 Å². The van der Waals surface area contributed by atoms with E-state index in [2.05, 4.69) is 21.5 Å². The molecule has 9 heteroatoms. The molecule has 1 aliphatic rings. The molecule has 1 heterocycles. The molecule has 0 aromatic heterocycles. The van der Waals surface area contributed by atoms with Crippen molar-refractivity contribution in [2.24, 2.45) is 0 Å². The van der Waals surface area contributed by atoms with Gasteiger partial charge < -0.3 is 10.1 Å². The first-order valence-corrected chi connectivity index (χ1v) is 6.96. The first-order chi connectivity index (χ1) is 10.4. The highest BCUT2D eigenvalue weighted by Gasteiger charge is 2.43. The lowest BCUT2D eigenvalue weighted by atomic mass is 10.0. The van der Waals surface area contributed by atoms with Crippen LogP contribution in [0.5, 0.6) is 5.75 Å². The monoisotopic (exact) mass is 390 g/mol. The number of nitrogens with zero attached hydrogens (tertiary/aromatic N) is 1. The van der Waals surface area contributed by atoms with Gasteiger partial charge in [-0.1, -0.05) is 18.2 Å². The fourth-order valence-electron chi connectivity index (χ4n) is 2.39. The highest BCUT2D eigenvalue weighted by molar-refractivity contribution is 5.85. The normalized spacial score (nSPS) is 16.7. The van der Waals surface area contributed by atoms with Crippen molar-refractivity contribution in [3.8, 4) is 5.75 Å². The van der Waals surface area contributed by atoms with Crippen molar-refractivity contribution >= 4 is 24.8 Å². The second-order valence-electron chi connectivity index (χ2n) is 5.00. The number of alkyl halides is 4. The number of rotatable bonds is 6. The van der Waals surface area contributed by atoms with E-state index in [1.807, 2.05) is 0 Å². The zero-order chi connectivity index (χ0) is 16.2. The molecule has 1 aliphatic heterocycles. The Morgan fingerprint density at radius 2 is 1.67 bits per heavy atom. The average Bonchev–Trinajstić information content (AvgIpc) is 2.50. The number of benzene rings is 1. The first kappa shape index (κ1) is 23.0. The number of hydrogen-bond donors (Lipinski definition) is 1. The molecule has 1 atom stereocenters. The minimum absolute atomic E-state index is 0. The molecule has 1 saturated heterocycles. The van der Waals surface area contributed by atoms with E-state index in [-0.39, 0.29) is 36.6 Å². The van der Waals surface area contributed by atoms with Crippen LogP contribution in [0.2, 0.25) is 0 Å². The van der Waals surface area contributed by atoms with Gasteiger partial charge in [0.25, 0.3) is 0 Å². The molecule has 24 heavy (non-hydrogen) atoms. The van der Waals surface area contributed by atoms with Crippen LogP contribution in [0.4, 0.5) is 17.6 Å². The molecule has 0 aliphatic carbocycles. The van der Waals surface area contributed by atoms with Gasteiger partial charge in [0.15, 0.2) is 0 Å². The van der Waals surface area contributed by atoms with Gasteiger partial charge in [-0.25, -0.2) is 0 Å². The Bertz CT molecular complexity index is 497. The van der Waals surface area contributed by atoms with Gasteiger partial charge in [0.1, 0.15) is 5.75 Å². The molecule has 0 bridgehead atoms. The summed E-state index contributed by atoms with van der Waals surface area (Å²) in [5.41, 5.74) is 0.851. The van der Waals surface area contributed by atoms with Crippen LogP contribution < -0.4 is 10.1 Å². The predicted molar refractivity (Wildman–Crippen MR) is 89.9 cm³/mol. The third-order valence-electron chi connectivity index (χ3n) is 3.50. The SMILES string of the molecule is C=C[C@H](c1ccc(OC(F)(F)C(F)F)cc1)N1CCNCC1.Cl.Cl. The predicted octanol–water partition coefficient (Wildman–Crippen LogP) is 3.90. The van der Waals surface area contributed by atoms with E-state index in [4.69, 9.17) is 0 Å². The average molecular weight is 391 g/mol. The summed E-state index contributed by atoms with van der Waals surface area (Å²) in [4.78, 5) is 2.20. The van der Waals surface area contributed by atoms with Crippen molar-refractivity contribution in [3.05, 3.63) is 42.5 Å². The summed E-state index contributed by atoms with van der Waals surface area (Å²) in [5.74, 6) is -0.294. The van der Waals surface area contributed by atoms with Gasteiger partial charge in [-0.05, 0) is 17.7 Å². The van der Waals surface area contributed by atoms with Crippen molar-refractivity contribution in [2.45, 2.75) is 18.6 Å². The molecule has 1 aromatic rings. The highest BCUT2D eigenvalue weighted by atomic mass is 35.5. The van der Waals surface area contributed by atoms with Gasteiger partial charge in [-0.15, -0.1) is 31.4 Å². The number of ether oxygens (including phenoxy) is 1. The maximum absolute atomic E-state index is 12.8. The van der Waals surface area contributed by atoms with E-state index >= 15 is 0 Å². The lowest BCUT2D eigenvalue weighted by Crippen LogP contribution is -2.44. The van der Waals surface area contributed by atoms with Crippen molar-refractivity contribution < 1.29 is 22.3 Å². The third-order valence-corrected chi connectivity index (χ3v) is 3.50. The second-order valence-corrected chi connectivity index (χ2v) is 5.00. The number of halogens is 6. The van der Waals surface area contributed by atoms with Crippen LogP contribution in [0.25, 0.3) is 0 Å². The molecule has 138 valence electrons. The lowest BCUT2D eigenvalue weighted by Gasteiger charge is -2.33. The Labute approximate surface area is 150 Å². The lowest BCUT2D eigenvalue weighted by molar-refractivity contribution is -0.253. The van der Waals surface area contributed by atoms with Crippen molar-refractivity contribution in [1.82, 2.24) is 10.2 Å². The van der Waals surface area contributed by atoms with E-state index in [1.165, 1.54) is 12.1 Å². The molecule has 0 amide bonds. The van der Waals surface area contributed by atoms with Crippen LogP contribution in [0.15, 0.2) is 36.9 Å². The summed E-state index contributed by atoms with van der Waals surface area (Å²) < 4.78 is 53.9. The van der Waals surface area contributed by atoms with E-state index in [0.29, 0.717) is 0 Å². The molecule has 3 nitrogen and oxygen atoms in total. The van der Waals surface area contributed by atoms with Crippen LogP contribution in [-0.4, -0.2) is 43.6 Å². The standard InChI is InChI=1S/C15H18F4N2O.2ClH/c1-2-13(21-9-7-20-8-10-21)11-3-5-12(6-4-11)22-15(18,19)14(16)17;;/h2-6,13-14,20H,1,7-10H2;2*1H/t13-;;/m1../s1. The molecule has 0 saturated carbocycles. The maximum atomic E-state index is 12.8. The molecule has 1 fully saturated rings. The highest BCUT2D eigenvalue weighted by Crippen LogP contribution is 2.29. The largest absolute Gasteiger partial charge is 0.461 e. The topological polar surface area (TPSA) is 24.5 Å². The van der Waals surface area contributed by atoms with E-state index in [1.54, 1.807) is 18.2 Å². The molecular weight excluding hydrogens is 371 g/mol. The number of hydrogen-bond acceptors (Lipinski definition) is 3. The van der Waals surface area contributed by atoms with E-state index in [9.17, 15) is 17.6 Å². The second kappa shape index (κ2) is 10.1. The minimum atomic E-state index is -4.49. The minimum Gasteiger partial charge on any atom is -0.428 e. The number of piperazine rings is 1. The summed E-state index contributed by atoms with van der Waals surface area (Å²) in [7, 11) is 0. The van der Waals surface area contributed by atoms with Crippen LogP contribution in [0.3, 0.4) is 0 Å². The van der Waals surface area contributed by atoms with Crippen molar-refractivity contribution in [3.63, 3.8) is 0 Å². The zero-order valence-electron chi connectivity index (χ0n) is 12.8. The summed E-state index contributed by atoms with van der Waals surface area (Å²) >= 11 is 0. The van der Waals surface area contributed by atoms with Crippen LogP contribution in [-0.2, 0) is 0 Å². The Morgan fingerprint density at radius 1 is 1.12 bits per heavy atom. The van der Waals surface area contributed by atoms with Crippen LogP contribution >= 0.6 is 24.8 Å². The first-order valence-electron chi connectivity index (χ1n) is 6.96. The van der Waals surface area contributed by atoms with Gasteiger partial charge in [-0.2, -0.15) is 17.6 Å². The van der Waals surface area contributed by atoms with Crippen LogP contribution in [0.1, 0.15) is 11.6 Å². The molecule has 1 N–H and O–H groups in total. The van der Waals surface area contributed by atoms with Gasteiger partial charge in [0.2, 0.25) is 0 Å². The Kier molecular flexibility index (Phi) is 9.65. The molecule has 0 unspecified atom stereocenters. The van der Waals surface area contributed by atoms with Gasteiger partial charge in [0.05, 0.1) is 6.04 Å². The molecular formula is C15H20Cl2F4N2O. The fourth-order valence-corrected chi connectivity index (χ4v) is 2.39. The summed E-state index contributed by atoms with van der Waals surface area (Å²) in [6.45, 7) is 7.23. The third kappa shape index (κ3) is 5.81. The van der Waals surface area contributed by atoms with Gasteiger partial charge in [-0.3, -0.25) is 4.90 Å². The molecule has 0 spiro atoms. The Balaban J connectivity index is 0.00000264. The number of nitrogens with one attached hydrogen (secondary N) is 1. The van der Waals surface area contributed by atoms with Gasteiger partial charge >= 0.3 is 12.5 Å². The summed E-state index contributed by atoms with van der Waals surface area (Å²) in [6.07, 6.45) is -6.58. The smallest absolute Gasteiger partial charge is 0.428 e. The van der Waals surface area contributed by atoms with E-state index < -0.39 is 12.5 Å². The summed E-state index contributed by atoms with van der Waals surface area (Å²) in [5, 5.41) is 3.24. The van der Waals surface area contributed by atoms with E-state index in [0.717, 1.165) is 31.7 Å².